The molecule has 2 unspecified atom stereocenters. The second kappa shape index (κ2) is 9.74. The summed E-state index contributed by atoms with van der Waals surface area (Å²) < 4.78 is 11.3. The largest absolute Gasteiger partial charge is 0.496 e. The first-order valence-corrected chi connectivity index (χ1v) is 9.75. The summed E-state index contributed by atoms with van der Waals surface area (Å²) in [7, 11) is 1.61. The van der Waals surface area contributed by atoms with Crippen molar-refractivity contribution < 1.29 is 19.1 Å². The number of hydrogen-bond donors (Lipinski definition) is 1. The summed E-state index contributed by atoms with van der Waals surface area (Å²) in [5.41, 5.74) is 2.32. The third-order valence-corrected chi connectivity index (χ3v) is 4.79. The van der Waals surface area contributed by atoms with Gasteiger partial charge in [0, 0.05) is 11.1 Å². The minimum Gasteiger partial charge on any atom is -0.496 e. The number of rotatable bonds is 8. The smallest absolute Gasteiger partial charge is 0.261 e. The van der Waals surface area contributed by atoms with Crippen molar-refractivity contribution in [2.45, 2.75) is 26.0 Å². The van der Waals surface area contributed by atoms with Crippen LogP contribution in [0, 0.1) is 0 Å². The lowest BCUT2D eigenvalue weighted by Gasteiger charge is -2.24. The van der Waals surface area contributed by atoms with Crippen molar-refractivity contribution in [3.63, 3.8) is 0 Å². The monoisotopic (exact) mass is 403 g/mol. The Bertz CT molecular complexity index is 1020. The van der Waals surface area contributed by atoms with Crippen LogP contribution >= 0.6 is 0 Å². The van der Waals surface area contributed by atoms with Gasteiger partial charge in [-0.05, 0) is 37.6 Å². The first kappa shape index (κ1) is 21.1. The average Bonchev–Trinajstić information content (AvgIpc) is 2.78. The molecule has 3 aromatic rings. The van der Waals surface area contributed by atoms with Gasteiger partial charge in [0.1, 0.15) is 11.5 Å². The van der Waals surface area contributed by atoms with E-state index >= 15 is 0 Å². The highest BCUT2D eigenvalue weighted by atomic mass is 16.5. The quantitative estimate of drug-likeness (QED) is 0.560. The van der Waals surface area contributed by atoms with Crippen LogP contribution in [0.1, 0.15) is 41.4 Å². The molecule has 30 heavy (non-hydrogen) atoms. The van der Waals surface area contributed by atoms with E-state index in [2.05, 4.69) is 5.32 Å². The van der Waals surface area contributed by atoms with Gasteiger partial charge in [-0.3, -0.25) is 9.59 Å². The fourth-order valence-corrected chi connectivity index (χ4v) is 3.20. The van der Waals surface area contributed by atoms with E-state index in [4.69, 9.17) is 9.47 Å². The summed E-state index contributed by atoms with van der Waals surface area (Å²) in [4.78, 5) is 24.6. The summed E-state index contributed by atoms with van der Waals surface area (Å²) in [5.74, 6) is 0.828. The van der Waals surface area contributed by atoms with Crippen molar-refractivity contribution in [2.24, 2.45) is 0 Å². The minimum atomic E-state index is -0.756. The maximum atomic E-state index is 13.0. The number of nitrogens with one attached hydrogen (secondary N) is 1. The fraction of sp³-hybridized carbons (Fsp3) is 0.200. The van der Waals surface area contributed by atoms with Gasteiger partial charge in [-0.15, -0.1) is 0 Å². The molecule has 5 nitrogen and oxygen atoms in total. The van der Waals surface area contributed by atoms with E-state index in [1.165, 1.54) is 6.92 Å². The fourth-order valence-electron chi connectivity index (χ4n) is 3.20. The van der Waals surface area contributed by atoms with Crippen molar-refractivity contribution in [2.75, 3.05) is 7.11 Å². The van der Waals surface area contributed by atoms with Gasteiger partial charge in [0.15, 0.2) is 11.9 Å². The van der Waals surface area contributed by atoms with Crippen LogP contribution in [0.4, 0.5) is 0 Å². The minimum absolute atomic E-state index is 0.0575. The molecule has 0 aliphatic carbocycles. The Morgan fingerprint density at radius 3 is 2.30 bits per heavy atom. The third kappa shape index (κ3) is 5.06. The number of ether oxygens (including phenoxy) is 2. The number of para-hydroxylation sites is 1. The van der Waals surface area contributed by atoms with Gasteiger partial charge in [0.2, 0.25) is 0 Å². The Kier molecular flexibility index (Phi) is 6.86. The zero-order chi connectivity index (χ0) is 21.5. The zero-order valence-corrected chi connectivity index (χ0v) is 17.3. The lowest BCUT2D eigenvalue weighted by Crippen LogP contribution is -2.39. The molecule has 5 heteroatoms. The second-order valence-corrected chi connectivity index (χ2v) is 6.94. The molecule has 0 spiro atoms. The van der Waals surface area contributed by atoms with E-state index in [-0.39, 0.29) is 11.7 Å². The van der Waals surface area contributed by atoms with Crippen molar-refractivity contribution in [3.8, 4) is 11.5 Å². The highest BCUT2D eigenvalue weighted by Gasteiger charge is 2.24. The summed E-state index contributed by atoms with van der Waals surface area (Å²) in [6.45, 7) is 3.17. The van der Waals surface area contributed by atoms with Crippen molar-refractivity contribution in [1.82, 2.24) is 5.32 Å². The number of hydrogen-bond acceptors (Lipinski definition) is 4. The topological polar surface area (TPSA) is 64.6 Å². The number of methoxy groups -OCH3 is 1. The van der Waals surface area contributed by atoms with Crippen LogP contribution in [0.5, 0.6) is 11.5 Å². The molecule has 0 fully saturated rings. The SMILES string of the molecule is COc1ccccc1C(NC(=O)C(C)Oc1cccc(C(C)=O)c1)c1ccccc1. The lowest BCUT2D eigenvalue weighted by molar-refractivity contribution is -0.127. The van der Waals surface area contributed by atoms with Crippen LogP contribution in [0.3, 0.4) is 0 Å². The van der Waals surface area contributed by atoms with E-state index in [0.29, 0.717) is 17.1 Å². The van der Waals surface area contributed by atoms with Gasteiger partial charge in [-0.1, -0.05) is 60.7 Å². The molecule has 1 amide bonds. The standard InChI is InChI=1S/C25H25NO4/c1-17(27)20-12-9-13-21(16-20)30-18(2)25(28)26-24(19-10-5-4-6-11-19)22-14-7-8-15-23(22)29-3/h4-16,18,24H,1-3H3,(H,26,28). The molecule has 3 rings (SSSR count). The van der Waals surface area contributed by atoms with E-state index in [9.17, 15) is 9.59 Å². The summed E-state index contributed by atoms with van der Waals surface area (Å²) in [6.07, 6.45) is -0.756. The molecule has 2 atom stereocenters. The zero-order valence-electron chi connectivity index (χ0n) is 17.3. The van der Waals surface area contributed by atoms with Crippen molar-refractivity contribution in [1.29, 1.82) is 0 Å². The van der Waals surface area contributed by atoms with Crippen molar-refractivity contribution >= 4 is 11.7 Å². The molecule has 1 N–H and O–H groups in total. The van der Waals surface area contributed by atoms with Gasteiger partial charge in [0.25, 0.3) is 5.91 Å². The first-order valence-electron chi connectivity index (χ1n) is 9.75. The molecule has 0 aromatic heterocycles. The maximum absolute atomic E-state index is 13.0. The molecule has 0 saturated heterocycles. The van der Waals surface area contributed by atoms with Gasteiger partial charge in [0.05, 0.1) is 13.2 Å². The summed E-state index contributed by atoms with van der Waals surface area (Å²) in [5, 5.41) is 3.07. The van der Waals surface area contributed by atoms with Crippen LogP contribution in [0.2, 0.25) is 0 Å². The van der Waals surface area contributed by atoms with Crippen molar-refractivity contribution in [3.05, 3.63) is 95.6 Å². The average molecular weight is 403 g/mol. The van der Waals surface area contributed by atoms with Gasteiger partial charge < -0.3 is 14.8 Å². The Morgan fingerprint density at radius 1 is 0.900 bits per heavy atom. The molecule has 0 saturated carbocycles. The number of Topliss-reactive ketones (excluding diaryl/α,β-unsaturated/α-hetero) is 1. The van der Waals surface area contributed by atoms with E-state index < -0.39 is 12.1 Å². The maximum Gasteiger partial charge on any atom is 0.261 e. The lowest BCUT2D eigenvalue weighted by atomic mass is 9.97. The van der Waals surface area contributed by atoms with Gasteiger partial charge in [-0.25, -0.2) is 0 Å². The molecule has 0 aliphatic heterocycles. The van der Waals surface area contributed by atoms with Crippen LogP contribution < -0.4 is 14.8 Å². The number of carbonyl (C=O) groups is 2. The highest BCUT2D eigenvalue weighted by molar-refractivity contribution is 5.94. The molecule has 0 radical (unpaired) electrons. The number of carbonyl (C=O) groups excluding carboxylic acids is 2. The Balaban J connectivity index is 1.83. The Labute approximate surface area is 176 Å². The van der Waals surface area contributed by atoms with Crippen LogP contribution in [0.15, 0.2) is 78.9 Å². The second-order valence-electron chi connectivity index (χ2n) is 6.94. The molecular formula is C25H25NO4. The molecule has 0 aliphatic rings. The number of benzene rings is 3. The third-order valence-electron chi connectivity index (χ3n) is 4.79. The molecule has 3 aromatic carbocycles. The van der Waals surface area contributed by atoms with Gasteiger partial charge >= 0.3 is 0 Å². The Morgan fingerprint density at radius 2 is 1.60 bits per heavy atom. The molecule has 154 valence electrons. The Hall–Kier alpha value is -3.60. The highest BCUT2D eigenvalue weighted by Crippen LogP contribution is 2.30. The summed E-state index contributed by atoms with van der Waals surface area (Å²) >= 11 is 0. The van der Waals surface area contributed by atoms with Crippen LogP contribution in [0.25, 0.3) is 0 Å². The number of ketones is 1. The van der Waals surface area contributed by atoms with Gasteiger partial charge in [-0.2, -0.15) is 0 Å². The molecular weight excluding hydrogens is 378 g/mol. The predicted octanol–water partition coefficient (Wildman–Crippen LogP) is 4.57. The van der Waals surface area contributed by atoms with E-state index in [1.54, 1.807) is 38.3 Å². The first-order chi connectivity index (χ1) is 14.5. The van der Waals surface area contributed by atoms with Crippen LogP contribution in [-0.2, 0) is 4.79 Å². The van der Waals surface area contributed by atoms with E-state index in [1.807, 2.05) is 54.6 Å². The normalized spacial score (nSPS) is 12.5. The number of amides is 1. The molecule has 0 bridgehead atoms. The predicted molar refractivity (Wildman–Crippen MR) is 116 cm³/mol. The van der Waals surface area contributed by atoms with E-state index in [0.717, 1.165) is 11.1 Å². The summed E-state index contributed by atoms with van der Waals surface area (Å²) in [6, 6.07) is 23.7. The van der Waals surface area contributed by atoms with Crippen LogP contribution in [-0.4, -0.2) is 24.9 Å². The molecule has 0 heterocycles.